The monoisotopic (exact) mass is 168 g/mol. The van der Waals surface area contributed by atoms with Crippen LogP contribution in [0.25, 0.3) is 0 Å². The van der Waals surface area contributed by atoms with Gasteiger partial charge in [0.25, 0.3) is 0 Å². The fourth-order valence-electron chi connectivity index (χ4n) is 1.23. The predicted molar refractivity (Wildman–Crippen MR) is 43.6 cm³/mol. The Kier molecular flexibility index (Phi) is 2.63. The average molecular weight is 168 g/mol. The van der Waals surface area contributed by atoms with Gasteiger partial charge in [0, 0.05) is 13.3 Å². The molecule has 0 saturated heterocycles. The average Bonchev–Trinajstić information content (AvgIpc) is 1.96. The Hall–Kier alpha value is -1.12. The molecule has 0 saturated carbocycles. The lowest BCUT2D eigenvalue weighted by atomic mass is 9.97. The van der Waals surface area contributed by atoms with Crippen molar-refractivity contribution in [1.82, 2.24) is 0 Å². The van der Waals surface area contributed by atoms with Gasteiger partial charge in [-0.15, -0.1) is 0 Å². The number of Topliss-reactive ketones (excluding diaryl/α,β-unsaturated/α-hetero) is 1. The van der Waals surface area contributed by atoms with E-state index < -0.39 is 0 Å². The summed E-state index contributed by atoms with van der Waals surface area (Å²) in [5.74, 6) is -0.142. The molecule has 0 N–H and O–H groups in total. The number of rotatable bonds is 1. The second-order valence-electron chi connectivity index (χ2n) is 2.96. The van der Waals surface area contributed by atoms with E-state index in [0.29, 0.717) is 18.4 Å². The summed E-state index contributed by atoms with van der Waals surface area (Å²) in [6, 6.07) is 0. The van der Waals surface area contributed by atoms with Crippen LogP contribution in [0.15, 0.2) is 11.6 Å². The summed E-state index contributed by atoms with van der Waals surface area (Å²) in [6.45, 7) is 3.12. The molecule has 0 spiro atoms. The van der Waals surface area contributed by atoms with Gasteiger partial charge in [-0.1, -0.05) is 0 Å². The molecule has 0 heterocycles. The minimum Gasteiger partial charge on any atom is -0.458 e. The SMILES string of the molecule is CC(=O)OC1C=C(C)C(=O)CC1. The van der Waals surface area contributed by atoms with E-state index in [1.807, 2.05) is 0 Å². The molecule has 1 aliphatic rings. The van der Waals surface area contributed by atoms with Crippen molar-refractivity contribution in [2.75, 3.05) is 0 Å². The van der Waals surface area contributed by atoms with E-state index in [0.717, 1.165) is 0 Å². The molecular weight excluding hydrogens is 156 g/mol. The molecular formula is C9H12O3. The zero-order valence-electron chi connectivity index (χ0n) is 7.29. The van der Waals surface area contributed by atoms with Gasteiger partial charge in [-0.05, 0) is 25.0 Å². The van der Waals surface area contributed by atoms with Crippen LogP contribution >= 0.6 is 0 Å². The number of hydrogen-bond donors (Lipinski definition) is 0. The van der Waals surface area contributed by atoms with Gasteiger partial charge in [0.15, 0.2) is 5.78 Å². The van der Waals surface area contributed by atoms with Crippen LogP contribution in [-0.2, 0) is 14.3 Å². The number of hydrogen-bond acceptors (Lipinski definition) is 3. The molecule has 0 aliphatic heterocycles. The van der Waals surface area contributed by atoms with Crippen LogP contribution in [0.2, 0.25) is 0 Å². The summed E-state index contributed by atoms with van der Waals surface area (Å²) in [7, 11) is 0. The molecule has 1 aliphatic carbocycles. The van der Waals surface area contributed by atoms with E-state index in [9.17, 15) is 9.59 Å². The molecule has 0 radical (unpaired) electrons. The highest BCUT2D eigenvalue weighted by Gasteiger charge is 2.18. The third-order valence-electron chi connectivity index (χ3n) is 1.85. The Morgan fingerprint density at radius 2 is 2.33 bits per heavy atom. The second kappa shape index (κ2) is 3.52. The third-order valence-corrected chi connectivity index (χ3v) is 1.85. The maximum atomic E-state index is 11.0. The first-order valence-electron chi connectivity index (χ1n) is 3.98. The zero-order valence-corrected chi connectivity index (χ0v) is 7.29. The third kappa shape index (κ3) is 2.19. The van der Waals surface area contributed by atoms with E-state index in [1.54, 1.807) is 13.0 Å². The topological polar surface area (TPSA) is 43.4 Å². The van der Waals surface area contributed by atoms with E-state index in [4.69, 9.17) is 4.74 Å². The molecule has 3 heteroatoms. The molecule has 1 rings (SSSR count). The summed E-state index contributed by atoms with van der Waals surface area (Å²) in [5, 5.41) is 0. The summed E-state index contributed by atoms with van der Waals surface area (Å²) >= 11 is 0. The standard InChI is InChI=1S/C9H12O3/c1-6-5-8(12-7(2)10)3-4-9(6)11/h5,8H,3-4H2,1-2H3. The fraction of sp³-hybridized carbons (Fsp3) is 0.556. The Labute approximate surface area is 71.4 Å². The van der Waals surface area contributed by atoms with Gasteiger partial charge >= 0.3 is 5.97 Å². The second-order valence-corrected chi connectivity index (χ2v) is 2.96. The fourth-order valence-corrected chi connectivity index (χ4v) is 1.23. The van der Waals surface area contributed by atoms with Crippen molar-refractivity contribution >= 4 is 11.8 Å². The van der Waals surface area contributed by atoms with Crippen molar-refractivity contribution in [1.29, 1.82) is 0 Å². The zero-order chi connectivity index (χ0) is 9.14. The van der Waals surface area contributed by atoms with Gasteiger partial charge in [0.05, 0.1) is 0 Å². The summed E-state index contributed by atoms with van der Waals surface area (Å²) in [5.41, 5.74) is 0.701. The van der Waals surface area contributed by atoms with Crippen LogP contribution in [-0.4, -0.2) is 17.9 Å². The number of ether oxygens (including phenoxy) is 1. The molecule has 0 aromatic rings. The Morgan fingerprint density at radius 3 is 2.83 bits per heavy atom. The van der Waals surface area contributed by atoms with Gasteiger partial charge in [-0.2, -0.15) is 0 Å². The van der Waals surface area contributed by atoms with Crippen molar-refractivity contribution in [3.8, 4) is 0 Å². The number of ketones is 1. The summed E-state index contributed by atoms with van der Waals surface area (Å²) in [6.07, 6.45) is 2.63. The van der Waals surface area contributed by atoms with Crippen LogP contribution in [0.4, 0.5) is 0 Å². The maximum absolute atomic E-state index is 11.0. The predicted octanol–water partition coefficient (Wildman–Crippen LogP) is 1.23. The van der Waals surface area contributed by atoms with Gasteiger partial charge in [-0.3, -0.25) is 9.59 Å². The van der Waals surface area contributed by atoms with Crippen molar-refractivity contribution in [3.05, 3.63) is 11.6 Å². The minimum absolute atomic E-state index is 0.151. The molecule has 3 nitrogen and oxygen atoms in total. The van der Waals surface area contributed by atoms with E-state index in [2.05, 4.69) is 0 Å². The van der Waals surface area contributed by atoms with Gasteiger partial charge in [-0.25, -0.2) is 0 Å². The lowest BCUT2D eigenvalue weighted by Gasteiger charge is -2.17. The van der Waals surface area contributed by atoms with E-state index in [-0.39, 0.29) is 17.9 Å². The first-order chi connectivity index (χ1) is 5.59. The summed E-state index contributed by atoms with van der Waals surface area (Å²) in [4.78, 5) is 21.6. The van der Waals surface area contributed by atoms with Crippen LogP contribution in [0, 0.1) is 0 Å². The van der Waals surface area contributed by atoms with Crippen molar-refractivity contribution in [2.45, 2.75) is 32.8 Å². The van der Waals surface area contributed by atoms with Crippen LogP contribution in [0.1, 0.15) is 26.7 Å². The normalized spacial score (nSPS) is 23.3. The van der Waals surface area contributed by atoms with Crippen molar-refractivity contribution in [2.24, 2.45) is 0 Å². The molecule has 0 fully saturated rings. The molecule has 66 valence electrons. The van der Waals surface area contributed by atoms with Gasteiger partial charge < -0.3 is 4.74 Å². The highest BCUT2D eigenvalue weighted by molar-refractivity contribution is 5.95. The quantitative estimate of drug-likeness (QED) is 0.553. The van der Waals surface area contributed by atoms with Crippen LogP contribution in [0.3, 0.4) is 0 Å². The number of allylic oxidation sites excluding steroid dienone is 1. The lowest BCUT2D eigenvalue weighted by Crippen LogP contribution is -2.21. The highest BCUT2D eigenvalue weighted by atomic mass is 16.5. The molecule has 0 bridgehead atoms. The minimum atomic E-state index is -0.293. The van der Waals surface area contributed by atoms with Crippen molar-refractivity contribution in [3.63, 3.8) is 0 Å². The molecule has 1 atom stereocenters. The van der Waals surface area contributed by atoms with Gasteiger partial charge in [0.2, 0.25) is 0 Å². The van der Waals surface area contributed by atoms with Crippen LogP contribution < -0.4 is 0 Å². The Balaban J connectivity index is 2.60. The largest absolute Gasteiger partial charge is 0.458 e. The number of carbonyl (C=O) groups is 2. The lowest BCUT2D eigenvalue weighted by molar-refractivity contribution is -0.145. The number of carbonyl (C=O) groups excluding carboxylic acids is 2. The Morgan fingerprint density at radius 1 is 1.67 bits per heavy atom. The van der Waals surface area contributed by atoms with Gasteiger partial charge in [0.1, 0.15) is 6.10 Å². The van der Waals surface area contributed by atoms with Crippen molar-refractivity contribution < 1.29 is 14.3 Å². The molecule has 0 aromatic heterocycles. The smallest absolute Gasteiger partial charge is 0.303 e. The molecule has 0 amide bonds. The Bertz CT molecular complexity index is 240. The number of esters is 1. The molecule has 0 aromatic carbocycles. The van der Waals surface area contributed by atoms with Crippen LogP contribution in [0.5, 0.6) is 0 Å². The van der Waals surface area contributed by atoms with E-state index in [1.165, 1.54) is 6.92 Å². The maximum Gasteiger partial charge on any atom is 0.303 e. The molecule has 12 heavy (non-hydrogen) atoms. The summed E-state index contributed by atoms with van der Waals surface area (Å²) < 4.78 is 4.94. The highest BCUT2D eigenvalue weighted by Crippen LogP contribution is 2.16. The van der Waals surface area contributed by atoms with E-state index >= 15 is 0 Å². The first kappa shape index (κ1) is 8.97. The first-order valence-corrected chi connectivity index (χ1v) is 3.98. The molecule has 1 unspecified atom stereocenters.